The second kappa shape index (κ2) is 62.8. The molecule has 0 aliphatic heterocycles. The van der Waals surface area contributed by atoms with E-state index in [9.17, 15) is 0 Å². The van der Waals surface area contributed by atoms with E-state index in [0.29, 0.717) is 0 Å². The second-order valence-corrected chi connectivity index (χ2v) is 25.3. The fourth-order valence-corrected chi connectivity index (χ4v) is 0. The average molecular weight is 1890 g/mol. The van der Waals surface area contributed by atoms with Crippen LogP contribution in [0.2, 0.25) is 0 Å². The smallest absolute Gasteiger partial charge is 0.759 e. The van der Waals surface area contributed by atoms with Crippen molar-refractivity contribution in [1.82, 2.24) is 0 Å². The summed E-state index contributed by atoms with van der Waals surface area (Å²) in [6.45, 7) is 0. The molecule has 0 aromatic rings. The minimum atomic E-state index is -5.17. The van der Waals surface area contributed by atoms with Crippen LogP contribution >= 0.6 is 0 Å². The maximum absolute atomic E-state index is 8.74. The minimum Gasteiger partial charge on any atom is -0.759 e. The van der Waals surface area contributed by atoms with Gasteiger partial charge in [-0.2, -0.15) is 143 Å². The van der Waals surface area contributed by atoms with Gasteiger partial charge in [0.25, 0.3) is 0 Å². The van der Waals surface area contributed by atoms with Crippen LogP contribution in [0.4, 0.5) is 0 Å². The van der Waals surface area contributed by atoms with Crippen molar-refractivity contribution in [1.29, 1.82) is 0 Å². The fourth-order valence-electron chi connectivity index (χ4n) is 0. The van der Waals surface area contributed by atoms with Crippen molar-refractivity contribution in [2.24, 2.45) is 0 Å². The van der Waals surface area contributed by atoms with Gasteiger partial charge in [0.05, 0.1) is 0 Å². The van der Waals surface area contributed by atoms with E-state index in [1.165, 1.54) is 0 Å². The molecule has 0 saturated carbocycles. The molecule has 0 bridgehead atoms. The Hall–Kier alpha value is -1.94. The molecule has 0 aromatic carbocycles. The van der Waals surface area contributed by atoms with E-state index < -0.39 is 198 Å². The molecule has 0 radical (unpaired) electrons. The molecule has 0 aliphatic carbocycles. The van der Waals surface area contributed by atoms with Crippen LogP contribution in [-0.2, 0) is 198 Å². The van der Waals surface area contributed by atoms with Gasteiger partial charge < -0.3 is 13.7 Å². The van der Waals surface area contributed by atoms with E-state index in [0.717, 1.165) is 0 Å². The third kappa shape index (κ3) is 203000. The van der Waals surface area contributed by atoms with E-state index in [4.69, 9.17) is 333 Å². The van der Waals surface area contributed by atoms with Gasteiger partial charge >= 0.3 is 194 Å². The topological polar surface area (TPSA) is 1430 Å². The van der Waals surface area contributed by atoms with Crippen LogP contribution in [0.15, 0.2) is 0 Å². The van der Waals surface area contributed by atoms with Gasteiger partial charge in [0.15, 0.2) is 0 Å². The predicted octanol–water partition coefficient (Wildman–Crippen LogP) is -13.8. The van der Waals surface area contributed by atoms with Crippen molar-refractivity contribution < 1.29 is 333 Å². The Balaban J connectivity index is -0.0000000353. The van der Waals surface area contributed by atoms with E-state index in [-0.39, 0.29) is 17.4 Å². The average Bonchev–Trinajstić information content (AvgIpc) is 2.83. The zero-order chi connectivity index (χ0) is 85.5. The van der Waals surface area contributed by atoms with Gasteiger partial charge in [-0.25, -0.2) is 8.42 Å². The summed E-state index contributed by atoms with van der Waals surface area (Å²) in [7, 11) is -89.4. The molecule has 0 unspecified atom stereocenters. The molecule has 0 aliphatic rings. The van der Waals surface area contributed by atoms with Crippen LogP contribution in [0.5, 0.6) is 0 Å². The SMILES string of the molecule is O=S(=O)(O)O.O=S(=O)(O)O.O=S(=O)(O)O.O=S(=O)(O)O.O=S(=O)(O)O.O=S(=O)(O)O.O=S(=O)(O)O.O=S(=O)(O)O.O=S(=O)(O)O.O=S(=O)(O)O.O=S(=O)(O)O.O=S(=O)(O)O.O=S(=O)(O)O.O=S(=O)(O)O.O=S(=O)(O)O.O=S(=O)(O)O.O=S(=O)(O)O.O=S(=O)([O-])O.O=S(=O)([O-])[O-].[Al+3]. The zero-order valence-electron chi connectivity index (χ0n) is 40.7. The molecule has 0 atom stereocenters. The summed E-state index contributed by atoms with van der Waals surface area (Å²) in [6.07, 6.45) is 0. The molecule has 96 heavy (non-hydrogen) atoms. The van der Waals surface area contributed by atoms with Crippen molar-refractivity contribution in [3.63, 3.8) is 0 Å². The van der Waals surface area contributed by atoms with Crippen molar-refractivity contribution in [2.45, 2.75) is 0 Å². The summed E-state index contributed by atoms with van der Waals surface area (Å²) >= 11 is 0. The molecule has 35 N–H and O–H groups in total. The van der Waals surface area contributed by atoms with Gasteiger partial charge in [0.2, 0.25) is 10.4 Å². The van der Waals surface area contributed by atoms with Crippen molar-refractivity contribution in [2.75, 3.05) is 0 Å². The Morgan fingerprint density at radius 2 is 0.115 bits per heavy atom. The molecule has 0 aromatic heterocycles. The van der Waals surface area contributed by atoms with Crippen molar-refractivity contribution in [3.05, 3.63) is 0 Å². The van der Waals surface area contributed by atoms with Crippen LogP contribution < -0.4 is 0 Å². The number of rotatable bonds is 0. The first-order valence-corrected chi connectivity index (χ1v) is 39.7. The van der Waals surface area contributed by atoms with Crippen molar-refractivity contribution >= 4 is 215 Å². The predicted molar refractivity (Wildman–Crippen MR) is 270 cm³/mol. The van der Waals surface area contributed by atoms with Gasteiger partial charge in [-0.3, -0.25) is 168 Å². The minimum absolute atomic E-state index is 0. The first-order valence-electron chi connectivity index (χ1n) is 13.2. The number of hydrogen-bond acceptors (Lipinski definition) is 41. The van der Waals surface area contributed by atoms with E-state index in [2.05, 4.69) is 0 Å². The quantitative estimate of drug-likeness (QED) is 0.0608. The summed E-state index contributed by atoms with van der Waals surface area (Å²) in [4.78, 5) is 0. The summed E-state index contributed by atoms with van der Waals surface area (Å²) in [6, 6.07) is 0. The molecule has 0 rings (SSSR count). The Kier molecular flexibility index (Phi) is 97.2. The normalized spacial score (nSPS) is 11.5. The van der Waals surface area contributed by atoms with Crippen LogP contribution in [-0.4, -0.2) is 350 Å². The maximum atomic E-state index is 8.74. The first-order chi connectivity index (χ1) is 38.0. The summed E-state index contributed by atoms with van der Waals surface area (Å²) in [5, 5.41) is 0. The molecule has 0 heterocycles. The Bertz CT molecular complexity index is 2870. The van der Waals surface area contributed by atoms with E-state index >= 15 is 0 Å². The summed E-state index contributed by atoms with van der Waals surface area (Å²) < 4.78 is 604. The second-order valence-electron chi connectivity index (χ2n) is 8.45. The van der Waals surface area contributed by atoms with Crippen molar-refractivity contribution in [3.8, 4) is 0 Å². The molecule has 96 heteroatoms. The molecule has 0 fully saturated rings. The standard InChI is InChI=1S/Al.19H2O4S/c;19*1-5(2,3)4/h;19*(H2,1,2,3,4)/q+3;;;;;;;;;;;;;;;;;;;/p-3. The van der Waals surface area contributed by atoms with Crippen LogP contribution in [0.1, 0.15) is 0 Å². The Morgan fingerprint density at radius 1 is 0.115 bits per heavy atom. The summed E-state index contributed by atoms with van der Waals surface area (Å²) in [5.74, 6) is 0. The Labute approximate surface area is 543 Å². The van der Waals surface area contributed by atoms with Gasteiger partial charge in [0, 0.05) is 10.4 Å². The zero-order valence-corrected chi connectivity index (χ0v) is 57.4. The molecular formula is H35AlO76S19. The van der Waals surface area contributed by atoms with Gasteiger partial charge in [-0.1, -0.05) is 0 Å². The molecular weight excluding hydrogens is 1850 g/mol. The fraction of sp³-hybridized carbons (Fsp3) is 0. The molecule has 0 amide bonds. The van der Waals surface area contributed by atoms with Gasteiger partial charge in [-0.05, 0) is 0 Å². The molecule has 0 spiro atoms. The van der Waals surface area contributed by atoms with Crippen LogP contribution in [0.3, 0.4) is 0 Å². The third-order valence-electron chi connectivity index (χ3n) is 0. The molecule has 608 valence electrons. The van der Waals surface area contributed by atoms with Gasteiger partial charge in [-0.15, -0.1) is 0 Å². The van der Waals surface area contributed by atoms with Gasteiger partial charge in [0.1, 0.15) is 0 Å². The number of hydrogen-bond donors (Lipinski definition) is 35. The molecule has 0 saturated heterocycles. The van der Waals surface area contributed by atoms with Crippen LogP contribution in [0.25, 0.3) is 0 Å². The van der Waals surface area contributed by atoms with Crippen LogP contribution in [0, 0.1) is 0 Å². The molecule has 76 nitrogen and oxygen atoms in total. The largest absolute Gasteiger partial charge is 3.00 e. The maximum Gasteiger partial charge on any atom is 3.00 e. The van der Waals surface area contributed by atoms with E-state index in [1.54, 1.807) is 0 Å². The monoisotopic (exact) mass is 1890 g/mol. The summed E-state index contributed by atoms with van der Waals surface area (Å²) in [5.41, 5.74) is 0. The first kappa shape index (κ1) is 149. The Morgan fingerprint density at radius 3 is 0.115 bits per heavy atom. The van der Waals surface area contributed by atoms with E-state index in [1.807, 2.05) is 0 Å². The third-order valence-corrected chi connectivity index (χ3v) is 0.